The molecule has 2 aromatic rings. The number of hydrogen-bond acceptors (Lipinski definition) is 4. The van der Waals surface area contributed by atoms with Gasteiger partial charge in [-0.15, -0.1) is 0 Å². The number of hydrogen-bond donors (Lipinski definition) is 0. The lowest BCUT2D eigenvalue weighted by Gasteiger charge is -2.15. The van der Waals surface area contributed by atoms with E-state index in [1.807, 2.05) is 0 Å². The Morgan fingerprint density at radius 1 is 1.06 bits per heavy atom. The van der Waals surface area contributed by atoms with Gasteiger partial charge in [0.25, 0.3) is 0 Å². The molecule has 0 saturated heterocycles. The molecule has 0 unspecified atom stereocenters. The number of nitrogens with zero attached hydrogens (tertiary/aromatic N) is 2. The monoisotopic (exact) mass is 302 g/mol. The minimum absolute atomic E-state index is 0.189. The van der Waals surface area contributed by atoms with Gasteiger partial charge in [-0.2, -0.15) is 0 Å². The second-order valence-electron chi connectivity index (χ2n) is 3.93. The normalized spacial score (nSPS) is 13.2. The minimum atomic E-state index is -0.290. The minimum Gasteiger partial charge on any atom is -0.288 e. The molecule has 1 aliphatic carbocycles. The van der Waals surface area contributed by atoms with Crippen molar-refractivity contribution in [1.29, 1.82) is 0 Å². The molecule has 0 spiro atoms. The van der Waals surface area contributed by atoms with Crippen LogP contribution in [0.4, 0.5) is 0 Å². The predicted octanol–water partition coefficient (Wildman–Crippen LogP) is 2.15. The standard InChI is InChI=1S/C13H7BrN2O2/c14-5-7-4-9-11(16-6-7)13(18)10-8(12(9)17)2-1-3-15-10/h1-4,6H,5H2. The molecule has 5 heteroatoms. The first-order chi connectivity index (χ1) is 8.72. The number of halogens is 1. The van der Waals surface area contributed by atoms with Crippen LogP contribution in [0.2, 0.25) is 0 Å². The number of aromatic nitrogens is 2. The number of pyridine rings is 2. The van der Waals surface area contributed by atoms with E-state index < -0.39 is 0 Å². The van der Waals surface area contributed by atoms with Crippen molar-refractivity contribution in [3.8, 4) is 0 Å². The summed E-state index contributed by atoms with van der Waals surface area (Å²) in [5, 5.41) is 0.592. The molecule has 0 radical (unpaired) electrons. The van der Waals surface area contributed by atoms with Crippen LogP contribution in [0.25, 0.3) is 0 Å². The fourth-order valence-electron chi connectivity index (χ4n) is 1.96. The molecule has 1 aliphatic rings. The topological polar surface area (TPSA) is 59.9 Å². The molecule has 88 valence electrons. The molecule has 0 aromatic carbocycles. The Morgan fingerprint density at radius 2 is 1.83 bits per heavy atom. The molecular formula is C13H7BrN2O2. The van der Waals surface area contributed by atoms with Crippen molar-refractivity contribution in [3.05, 3.63) is 58.7 Å². The maximum absolute atomic E-state index is 12.3. The predicted molar refractivity (Wildman–Crippen MR) is 68.0 cm³/mol. The number of rotatable bonds is 1. The molecule has 0 fully saturated rings. The van der Waals surface area contributed by atoms with Crippen LogP contribution in [0.5, 0.6) is 0 Å². The number of fused-ring (bicyclic) bond motifs is 2. The summed E-state index contributed by atoms with van der Waals surface area (Å²) in [5.41, 5.74) is 1.95. The van der Waals surface area contributed by atoms with E-state index in [1.165, 1.54) is 6.20 Å². The Morgan fingerprint density at radius 3 is 2.61 bits per heavy atom. The van der Waals surface area contributed by atoms with E-state index in [1.54, 1.807) is 24.4 Å². The summed E-state index contributed by atoms with van der Waals surface area (Å²) in [6.07, 6.45) is 3.09. The lowest BCUT2D eigenvalue weighted by molar-refractivity contribution is 0.0971. The summed E-state index contributed by atoms with van der Waals surface area (Å²) < 4.78 is 0. The Labute approximate surface area is 111 Å². The quantitative estimate of drug-likeness (QED) is 0.646. The van der Waals surface area contributed by atoms with E-state index >= 15 is 0 Å². The van der Waals surface area contributed by atoms with Gasteiger partial charge in [-0.05, 0) is 23.8 Å². The van der Waals surface area contributed by atoms with Gasteiger partial charge in [0.15, 0.2) is 5.78 Å². The fourth-order valence-corrected chi connectivity index (χ4v) is 2.27. The Balaban J connectivity index is 2.27. The molecule has 3 rings (SSSR count). The van der Waals surface area contributed by atoms with Gasteiger partial charge in [0.05, 0.1) is 11.1 Å². The highest BCUT2D eigenvalue weighted by molar-refractivity contribution is 9.08. The number of carbonyl (C=O) groups excluding carboxylic acids is 2. The lowest BCUT2D eigenvalue weighted by atomic mass is 9.90. The van der Waals surface area contributed by atoms with Crippen LogP contribution in [-0.2, 0) is 5.33 Å². The number of carbonyl (C=O) groups is 2. The summed E-state index contributed by atoms with van der Waals surface area (Å²) >= 11 is 3.30. The second kappa shape index (κ2) is 4.10. The molecule has 2 aromatic heterocycles. The average molecular weight is 303 g/mol. The highest BCUT2D eigenvalue weighted by atomic mass is 79.9. The maximum atomic E-state index is 12.3. The second-order valence-corrected chi connectivity index (χ2v) is 4.49. The summed E-state index contributed by atoms with van der Waals surface area (Å²) in [7, 11) is 0. The average Bonchev–Trinajstić information content (AvgIpc) is 2.44. The van der Waals surface area contributed by atoms with Crippen molar-refractivity contribution >= 4 is 27.5 Å². The van der Waals surface area contributed by atoms with Crippen molar-refractivity contribution in [2.24, 2.45) is 0 Å². The molecule has 18 heavy (non-hydrogen) atoms. The third-order valence-electron chi connectivity index (χ3n) is 2.83. The van der Waals surface area contributed by atoms with Crippen LogP contribution in [0.1, 0.15) is 37.7 Å². The highest BCUT2D eigenvalue weighted by Gasteiger charge is 2.31. The fraction of sp³-hybridized carbons (Fsp3) is 0.0769. The third kappa shape index (κ3) is 1.51. The molecule has 0 aliphatic heterocycles. The zero-order chi connectivity index (χ0) is 12.7. The van der Waals surface area contributed by atoms with Crippen LogP contribution < -0.4 is 0 Å². The maximum Gasteiger partial charge on any atom is 0.231 e. The molecule has 4 nitrogen and oxygen atoms in total. The molecule has 0 saturated carbocycles. The molecule has 0 atom stereocenters. The SMILES string of the molecule is O=C1c2cccnc2C(=O)c2ncc(CBr)cc21. The largest absolute Gasteiger partial charge is 0.288 e. The van der Waals surface area contributed by atoms with Crippen molar-refractivity contribution in [1.82, 2.24) is 9.97 Å². The van der Waals surface area contributed by atoms with E-state index in [9.17, 15) is 9.59 Å². The summed E-state index contributed by atoms with van der Waals surface area (Å²) in [6, 6.07) is 4.97. The van der Waals surface area contributed by atoms with Gasteiger partial charge in [-0.1, -0.05) is 15.9 Å². The van der Waals surface area contributed by atoms with Gasteiger partial charge >= 0.3 is 0 Å². The molecule has 0 amide bonds. The Kier molecular flexibility index (Phi) is 2.56. The summed E-state index contributed by atoms with van der Waals surface area (Å²) in [5.74, 6) is -0.482. The number of alkyl halides is 1. The van der Waals surface area contributed by atoms with Crippen LogP contribution in [0.3, 0.4) is 0 Å². The first-order valence-electron chi connectivity index (χ1n) is 5.31. The smallest absolute Gasteiger partial charge is 0.231 e. The van der Waals surface area contributed by atoms with Crippen molar-refractivity contribution < 1.29 is 9.59 Å². The van der Waals surface area contributed by atoms with Gasteiger partial charge in [-0.25, -0.2) is 0 Å². The first-order valence-corrected chi connectivity index (χ1v) is 6.44. The van der Waals surface area contributed by atoms with Crippen LogP contribution >= 0.6 is 15.9 Å². The Hall–Kier alpha value is -1.88. The molecule has 0 N–H and O–H groups in total. The lowest BCUT2D eigenvalue weighted by Crippen LogP contribution is -2.23. The van der Waals surface area contributed by atoms with Crippen LogP contribution in [0, 0.1) is 0 Å². The van der Waals surface area contributed by atoms with Gasteiger partial charge < -0.3 is 0 Å². The van der Waals surface area contributed by atoms with Gasteiger partial charge in [-0.3, -0.25) is 19.6 Å². The van der Waals surface area contributed by atoms with Gasteiger partial charge in [0.1, 0.15) is 11.4 Å². The van der Waals surface area contributed by atoms with Crippen LogP contribution in [-0.4, -0.2) is 21.5 Å². The highest BCUT2D eigenvalue weighted by Crippen LogP contribution is 2.25. The van der Waals surface area contributed by atoms with E-state index in [0.29, 0.717) is 16.5 Å². The van der Waals surface area contributed by atoms with E-state index in [-0.39, 0.29) is 23.0 Å². The summed E-state index contributed by atoms with van der Waals surface area (Å²) in [6.45, 7) is 0. The van der Waals surface area contributed by atoms with E-state index in [0.717, 1.165) is 5.56 Å². The van der Waals surface area contributed by atoms with E-state index in [2.05, 4.69) is 25.9 Å². The van der Waals surface area contributed by atoms with Crippen molar-refractivity contribution in [3.63, 3.8) is 0 Å². The van der Waals surface area contributed by atoms with E-state index in [4.69, 9.17) is 0 Å². The van der Waals surface area contributed by atoms with Crippen molar-refractivity contribution in [2.75, 3.05) is 0 Å². The Bertz CT molecular complexity index is 682. The molecule has 0 bridgehead atoms. The first kappa shape index (κ1) is 11.2. The molecular weight excluding hydrogens is 296 g/mol. The van der Waals surface area contributed by atoms with Crippen LogP contribution in [0.15, 0.2) is 30.6 Å². The molecule has 2 heterocycles. The zero-order valence-corrected chi connectivity index (χ0v) is 10.8. The van der Waals surface area contributed by atoms with Crippen molar-refractivity contribution in [2.45, 2.75) is 5.33 Å². The third-order valence-corrected chi connectivity index (χ3v) is 3.47. The summed E-state index contributed by atoms with van der Waals surface area (Å²) in [4.78, 5) is 32.5. The number of ketones is 2. The van der Waals surface area contributed by atoms with Gasteiger partial charge in [0, 0.05) is 17.7 Å². The van der Waals surface area contributed by atoms with Gasteiger partial charge in [0.2, 0.25) is 5.78 Å². The zero-order valence-electron chi connectivity index (χ0n) is 9.18.